The Morgan fingerprint density at radius 2 is 2.08 bits per heavy atom. The summed E-state index contributed by atoms with van der Waals surface area (Å²) in [6, 6.07) is 1.17. The Labute approximate surface area is 150 Å². The van der Waals surface area contributed by atoms with Gasteiger partial charge in [-0.1, -0.05) is 0 Å². The highest BCUT2D eigenvalue weighted by Gasteiger charge is 2.51. The Kier molecular flexibility index (Phi) is 4.14. The summed E-state index contributed by atoms with van der Waals surface area (Å²) in [7, 11) is 1.91. The average molecular weight is 345 g/mol. The van der Waals surface area contributed by atoms with Gasteiger partial charge in [-0.05, 0) is 57.3 Å². The van der Waals surface area contributed by atoms with Crippen molar-refractivity contribution in [2.24, 2.45) is 5.92 Å². The zero-order chi connectivity index (χ0) is 16.9. The van der Waals surface area contributed by atoms with Crippen LogP contribution < -0.4 is 0 Å². The number of imidazole rings is 1. The van der Waals surface area contributed by atoms with Gasteiger partial charge in [0.25, 0.3) is 0 Å². The van der Waals surface area contributed by atoms with E-state index in [1.54, 1.807) is 0 Å². The molecular weight excluding hydrogens is 314 g/mol. The first-order valence-electron chi connectivity index (χ1n) is 10.2. The predicted octanol–water partition coefficient (Wildman–Crippen LogP) is 3.16. The minimum absolute atomic E-state index is 0.0381. The van der Waals surface area contributed by atoms with Crippen molar-refractivity contribution in [1.29, 1.82) is 0 Å². The fourth-order valence-electron chi connectivity index (χ4n) is 4.99. The molecule has 0 spiro atoms. The number of likely N-dealkylation sites (tertiary alicyclic amines) is 1. The quantitative estimate of drug-likeness (QED) is 0.761. The van der Waals surface area contributed by atoms with E-state index in [4.69, 9.17) is 9.47 Å². The lowest BCUT2D eigenvalue weighted by atomic mass is 9.79. The molecule has 3 aliphatic carbocycles. The van der Waals surface area contributed by atoms with E-state index in [0.29, 0.717) is 18.2 Å². The molecule has 3 atom stereocenters. The number of hydrogen-bond acceptors (Lipinski definition) is 4. The predicted molar refractivity (Wildman–Crippen MR) is 95.4 cm³/mol. The highest BCUT2D eigenvalue weighted by molar-refractivity contribution is 5.08. The first kappa shape index (κ1) is 16.3. The molecule has 3 saturated carbocycles. The summed E-state index contributed by atoms with van der Waals surface area (Å²) >= 11 is 0. The minimum Gasteiger partial charge on any atom is -0.378 e. The molecule has 5 nitrogen and oxygen atoms in total. The molecule has 1 aromatic rings. The van der Waals surface area contributed by atoms with Crippen LogP contribution in [0.3, 0.4) is 0 Å². The first-order chi connectivity index (χ1) is 12.3. The van der Waals surface area contributed by atoms with Gasteiger partial charge in [0, 0.05) is 44.7 Å². The lowest BCUT2D eigenvalue weighted by molar-refractivity contribution is -0.103. The Morgan fingerprint density at radius 1 is 1.20 bits per heavy atom. The summed E-state index contributed by atoms with van der Waals surface area (Å²) < 4.78 is 14.8. The molecule has 0 aromatic carbocycles. The smallest absolute Gasteiger partial charge is 0.123 e. The van der Waals surface area contributed by atoms with E-state index in [0.717, 1.165) is 51.3 Å². The van der Waals surface area contributed by atoms with Gasteiger partial charge in [-0.15, -0.1) is 0 Å². The maximum atomic E-state index is 6.26. The van der Waals surface area contributed by atoms with Crippen LogP contribution in [0.25, 0.3) is 0 Å². The highest BCUT2D eigenvalue weighted by atomic mass is 16.5. The van der Waals surface area contributed by atoms with Gasteiger partial charge in [0.1, 0.15) is 5.82 Å². The second kappa shape index (κ2) is 6.36. The third-order valence-corrected chi connectivity index (χ3v) is 6.95. The minimum atomic E-state index is 0.0381. The van der Waals surface area contributed by atoms with E-state index in [-0.39, 0.29) is 5.60 Å². The largest absolute Gasteiger partial charge is 0.378 e. The maximum Gasteiger partial charge on any atom is 0.123 e. The summed E-state index contributed by atoms with van der Waals surface area (Å²) in [4.78, 5) is 7.29. The molecular formula is C20H31N3O2. The van der Waals surface area contributed by atoms with Crippen LogP contribution >= 0.6 is 0 Å². The normalized spacial score (nSPS) is 35.9. The van der Waals surface area contributed by atoms with E-state index in [2.05, 4.69) is 20.6 Å². The fraction of sp³-hybridized carbons (Fsp3) is 0.850. The molecule has 1 aromatic heterocycles. The molecule has 4 aliphatic rings. The van der Waals surface area contributed by atoms with Crippen molar-refractivity contribution in [1.82, 2.24) is 14.5 Å². The summed E-state index contributed by atoms with van der Waals surface area (Å²) in [5.41, 5.74) is 0.0381. The average Bonchev–Trinajstić information content (AvgIpc) is 3.57. The molecule has 0 amide bonds. The topological polar surface area (TPSA) is 39.5 Å². The van der Waals surface area contributed by atoms with Gasteiger partial charge in [-0.25, -0.2) is 4.98 Å². The summed E-state index contributed by atoms with van der Waals surface area (Å²) in [5.74, 6) is 2.08. The molecule has 1 saturated heterocycles. The molecule has 0 unspecified atom stereocenters. The van der Waals surface area contributed by atoms with E-state index in [9.17, 15) is 0 Å². The van der Waals surface area contributed by atoms with Crippen molar-refractivity contribution in [3.8, 4) is 0 Å². The number of ether oxygens (including phenoxy) is 2. The van der Waals surface area contributed by atoms with Crippen LogP contribution in [-0.4, -0.2) is 52.5 Å². The molecule has 0 N–H and O–H groups in total. The molecule has 5 heteroatoms. The maximum absolute atomic E-state index is 6.26. The lowest BCUT2D eigenvalue weighted by Gasteiger charge is -2.43. The van der Waals surface area contributed by atoms with Crippen LogP contribution in [0.15, 0.2) is 12.4 Å². The molecule has 138 valence electrons. The second-order valence-electron chi connectivity index (χ2n) is 8.66. The molecule has 1 aliphatic heterocycles. The van der Waals surface area contributed by atoms with Crippen LogP contribution in [0.2, 0.25) is 0 Å². The van der Waals surface area contributed by atoms with Crippen molar-refractivity contribution in [3.05, 3.63) is 18.2 Å². The third kappa shape index (κ3) is 3.15. The number of nitrogens with zero attached hydrogens (tertiary/aromatic N) is 3. The standard InChI is InChI=1S/C20H31N3O2/c1-24-20-7-6-17(25-14-15-2-3-15)12-18(20)22(10-8-20)13-19-21-9-11-23(19)16-4-5-16/h9,11,15-18H,2-8,10,12-14H2,1H3/t17-,18-,20+/m0/s1. The Bertz CT molecular complexity index is 610. The van der Waals surface area contributed by atoms with Crippen LogP contribution in [0.4, 0.5) is 0 Å². The van der Waals surface area contributed by atoms with Gasteiger partial charge in [0.15, 0.2) is 0 Å². The number of hydrogen-bond donors (Lipinski definition) is 0. The van der Waals surface area contributed by atoms with E-state index in [1.807, 2.05) is 13.3 Å². The number of fused-ring (bicyclic) bond motifs is 1. The summed E-state index contributed by atoms with van der Waals surface area (Å²) in [6.07, 6.45) is 14.5. The second-order valence-corrected chi connectivity index (χ2v) is 8.66. The van der Waals surface area contributed by atoms with Crippen LogP contribution in [-0.2, 0) is 16.0 Å². The fourth-order valence-corrected chi connectivity index (χ4v) is 4.99. The Morgan fingerprint density at radius 3 is 2.84 bits per heavy atom. The monoisotopic (exact) mass is 345 g/mol. The van der Waals surface area contributed by atoms with Crippen LogP contribution in [0.1, 0.15) is 63.2 Å². The number of aromatic nitrogens is 2. The molecule has 0 bridgehead atoms. The van der Waals surface area contributed by atoms with Crippen molar-refractivity contribution in [3.63, 3.8) is 0 Å². The molecule has 0 radical (unpaired) electrons. The first-order valence-corrected chi connectivity index (χ1v) is 10.2. The van der Waals surface area contributed by atoms with Gasteiger partial charge in [0.05, 0.1) is 18.2 Å². The van der Waals surface area contributed by atoms with Crippen molar-refractivity contribution < 1.29 is 9.47 Å². The number of methoxy groups -OCH3 is 1. The zero-order valence-corrected chi connectivity index (χ0v) is 15.4. The third-order valence-electron chi connectivity index (χ3n) is 6.95. The Balaban J connectivity index is 1.29. The van der Waals surface area contributed by atoms with Crippen molar-refractivity contribution in [2.45, 2.75) is 81.7 Å². The van der Waals surface area contributed by atoms with E-state index >= 15 is 0 Å². The van der Waals surface area contributed by atoms with E-state index in [1.165, 1.54) is 31.5 Å². The van der Waals surface area contributed by atoms with Crippen molar-refractivity contribution >= 4 is 0 Å². The summed E-state index contributed by atoms with van der Waals surface area (Å²) in [6.45, 7) is 3.05. The van der Waals surface area contributed by atoms with Gasteiger partial charge < -0.3 is 14.0 Å². The van der Waals surface area contributed by atoms with E-state index < -0.39 is 0 Å². The molecule has 25 heavy (non-hydrogen) atoms. The molecule has 2 heterocycles. The summed E-state index contributed by atoms with van der Waals surface area (Å²) in [5, 5.41) is 0. The lowest BCUT2D eigenvalue weighted by Crippen LogP contribution is -2.51. The van der Waals surface area contributed by atoms with Gasteiger partial charge >= 0.3 is 0 Å². The highest BCUT2D eigenvalue weighted by Crippen LogP contribution is 2.44. The SMILES string of the molecule is CO[C@@]12CC[C@H](OCC3CC3)C[C@@H]1N(Cc1nccn1C1CC1)CC2. The Hall–Kier alpha value is -0.910. The number of rotatable bonds is 7. The van der Waals surface area contributed by atoms with Crippen molar-refractivity contribution in [2.75, 3.05) is 20.3 Å². The van der Waals surface area contributed by atoms with Crippen LogP contribution in [0, 0.1) is 5.92 Å². The molecule has 4 fully saturated rings. The van der Waals surface area contributed by atoms with Crippen LogP contribution in [0.5, 0.6) is 0 Å². The van der Waals surface area contributed by atoms with Gasteiger partial charge in [-0.3, -0.25) is 4.90 Å². The zero-order valence-electron chi connectivity index (χ0n) is 15.4. The molecule has 5 rings (SSSR count). The van der Waals surface area contributed by atoms with Gasteiger partial charge in [-0.2, -0.15) is 0 Å². The van der Waals surface area contributed by atoms with Gasteiger partial charge in [0.2, 0.25) is 0 Å².